The minimum atomic E-state index is -0.274. The van der Waals surface area contributed by atoms with Crippen LogP contribution >= 0.6 is 0 Å². The van der Waals surface area contributed by atoms with Gasteiger partial charge in [0.15, 0.2) is 0 Å². The normalized spacial score (nSPS) is 12.3. The minimum Gasteiger partial charge on any atom is -0.335 e. The van der Waals surface area contributed by atoms with Crippen LogP contribution in [0.2, 0.25) is 0 Å². The lowest BCUT2D eigenvalue weighted by Gasteiger charge is -2.24. The largest absolute Gasteiger partial charge is 0.335 e. The van der Waals surface area contributed by atoms with Crippen molar-refractivity contribution >= 4 is 12.0 Å². The molecular formula is C18H18FNO. The average Bonchev–Trinajstić information content (AvgIpc) is 2.53. The van der Waals surface area contributed by atoms with Crippen LogP contribution in [-0.2, 0) is 4.79 Å². The molecule has 21 heavy (non-hydrogen) atoms. The highest BCUT2D eigenvalue weighted by atomic mass is 19.1. The van der Waals surface area contributed by atoms with Crippen molar-refractivity contribution in [2.75, 3.05) is 7.05 Å². The van der Waals surface area contributed by atoms with Crippen LogP contribution in [0.25, 0.3) is 6.08 Å². The number of hydrogen-bond donors (Lipinski definition) is 0. The average molecular weight is 283 g/mol. The zero-order valence-electron chi connectivity index (χ0n) is 12.2. The van der Waals surface area contributed by atoms with E-state index in [-0.39, 0.29) is 17.8 Å². The van der Waals surface area contributed by atoms with Gasteiger partial charge in [-0.3, -0.25) is 4.79 Å². The lowest BCUT2D eigenvalue weighted by molar-refractivity contribution is -0.126. The van der Waals surface area contributed by atoms with Crippen LogP contribution in [0.15, 0.2) is 60.7 Å². The number of hydrogen-bond acceptors (Lipinski definition) is 1. The van der Waals surface area contributed by atoms with Gasteiger partial charge in [-0.15, -0.1) is 0 Å². The molecule has 2 aromatic carbocycles. The Morgan fingerprint density at radius 2 is 1.71 bits per heavy atom. The van der Waals surface area contributed by atoms with Crippen LogP contribution in [0.3, 0.4) is 0 Å². The molecule has 2 aromatic rings. The first-order valence-corrected chi connectivity index (χ1v) is 6.83. The van der Waals surface area contributed by atoms with Gasteiger partial charge in [0.2, 0.25) is 5.91 Å². The molecule has 0 aromatic heterocycles. The Balaban J connectivity index is 2.05. The van der Waals surface area contributed by atoms with E-state index < -0.39 is 0 Å². The van der Waals surface area contributed by atoms with Crippen LogP contribution in [0.4, 0.5) is 4.39 Å². The van der Waals surface area contributed by atoms with Gasteiger partial charge in [0, 0.05) is 13.1 Å². The number of halogens is 1. The first kappa shape index (κ1) is 15.0. The van der Waals surface area contributed by atoms with Crippen LogP contribution in [0.5, 0.6) is 0 Å². The van der Waals surface area contributed by atoms with Gasteiger partial charge in [-0.25, -0.2) is 4.39 Å². The quantitative estimate of drug-likeness (QED) is 0.775. The molecule has 0 spiro atoms. The van der Waals surface area contributed by atoms with Crippen molar-refractivity contribution in [2.24, 2.45) is 0 Å². The summed E-state index contributed by atoms with van der Waals surface area (Å²) in [7, 11) is 1.74. The topological polar surface area (TPSA) is 20.3 Å². The Hall–Kier alpha value is -2.42. The van der Waals surface area contributed by atoms with Gasteiger partial charge in [0.25, 0.3) is 0 Å². The molecule has 0 saturated carbocycles. The molecule has 1 amide bonds. The molecule has 108 valence electrons. The monoisotopic (exact) mass is 283 g/mol. The maximum Gasteiger partial charge on any atom is 0.246 e. The van der Waals surface area contributed by atoms with Gasteiger partial charge in [0.1, 0.15) is 5.82 Å². The van der Waals surface area contributed by atoms with E-state index in [1.165, 1.54) is 12.1 Å². The summed E-state index contributed by atoms with van der Waals surface area (Å²) in [6.07, 6.45) is 3.34. The second-order valence-electron chi connectivity index (χ2n) is 4.92. The van der Waals surface area contributed by atoms with Gasteiger partial charge < -0.3 is 4.90 Å². The summed E-state index contributed by atoms with van der Waals surface area (Å²) in [5.41, 5.74) is 1.88. The van der Waals surface area contributed by atoms with Crippen molar-refractivity contribution in [3.8, 4) is 0 Å². The van der Waals surface area contributed by atoms with Gasteiger partial charge >= 0.3 is 0 Å². The molecule has 3 heteroatoms. The highest BCUT2D eigenvalue weighted by molar-refractivity contribution is 5.91. The first-order chi connectivity index (χ1) is 10.1. The Bertz CT molecular complexity index is 619. The molecule has 0 aliphatic carbocycles. The van der Waals surface area contributed by atoms with Crippen LogP contribution < -0.4 is 0 Å². The summed E-state index contributed by atoms with van der Waals surface area (Å²) < 4.78 is 12.9. The van der Waals surface area contributed by atoms with E-state index in [4.69, 9.17) is 0 Å². The van der Waals surface area contributed by atoms with Crippen LogP contribution in [-0.4, -0.2) is 17.9 Å². The summed E-state index contributed by atoms with van der Waals surface area (Å²) in [6, 6.07) is 15.8. The Morgan fingerprint density at radius 3 is 2.33 bits per heavy atom. The van der Waals surface area contributed by atoms with Gasteiger partial charge in [-0.05, 0) is 36.3 Å². The lowest BCUT2D eigenvalue weighted by Crippen LogP contribution is -2.27. The van der Waals surface area contributed by atoms with E-state index in [0.29, 0.717) is 0 Å². The molecular weight excluding hydrogens is 265 g/mol. The standard InChI is InChI=1S/C18H18FNO/c1-14(16-9-11-17(19)12-10-16)20(2)18(21)13-8-15-6-4-3-5-7-15/h3-14H,1-2H3/b13-8+. The van der Waals surface area contributed by atoms with E-state index in [1.54, 1.807) is 36.2 Å². The number of benzene rings is 2. The maximum atomic E-state index is 12.9. The summed E-state index contributed by atoms with van der Waals surface area (Å²) in [5, 5.41) is 0. The molecule has 0 saturated heterocycles. The van der Waals surface area contributed by atoms with E-state index in [9.17, 15) is 9.18 Å². The van der Waals surface area contributed by atoms with Crippen molar-refractivity contribution in [1.82, 2.24) is 4.90 Å². The SMILES string of the molecule is CC(c1ccc(F)cc1)N(C)C(=O)/C=C/c1ccccc1. The van der Waals surface area contributed by atoms with Crippen molar-refractivity contribution in [3.05, 3.63) is 77.6 Å². The van der Waals surface area contributed by atoms with Crippen molar-refractivity contribution in [2.45, 2.75) is 13.0 Å². The van der Waals surface area contributed by atoms with E-state index in [1.807, 2.05) is 37.3 Å². The number of carbonyl (C=O) groups excluding carboxylic acids is 1. The van der Waals surface area contributed by atoms with E-state index in [0.717, 1.165) is 11.1 Å². The highest BCUT2D eigenvalue weighted by Crippen LogP contribution is 2.19. The summed E-state index contributed by atoms with van der Waals surface area (Å²) >= 11 is 0. The smallest absolute Gasteiger partial charge is 0.246 e. The molecule has 2 nitrogen and oxygen atoms in total. The molecule has 0 aliphatic rings. The fourth-order valence-corrected chi connectivity index (χ4v) is 2.00. The third kappa shape index (κ3) is 4.02. The zero-order valence-corrected chi connectivity index (χ0v) is 12.2. The molecule has 1 unspecified atom stereocenters. The highest BCUT2D eigenvalue weighted by Gasteiger charge is 2.15. The molecule has 0 heterocycles. The summed E-state index contributed by atoms with van der Waals surface area (Å²) in [4.78, 5) is 13.8. The predicted molar refractivity (Wildman–Crippen MR) is 83.1 cm³/mol. The van der Waals surface area contributed by atoms with E-state index in [2.05, 4.69) is 0 Å². The van der Waals surface area contributed by atoms with Gasteiger partial charge in [-0.1, -0.05) is 42.5 Å². The number of nitrogens with zero attached hydrogens (tertiary/aromatic N) is 1. The molecule has 1 atom stereocenters. The van der Waals surface area contributed by atoms with Gasteiger partial charge in [0.05, 0.1) is 6.04 Å². The maximum absolute atomic E-state index is 12.9. The van der Waals surface area contributed by atoms with Crippen LogP contribution in [0.1, 0.15) is 24.1 Å². The third-order valence-corrected chi connectivity index (χ3v) is 3.50. The molecule has 0 N–H and O–H groups in total. The number of carbonyl (C=O) groups is 1. The number of rotatable bonds is 4. The first-order valence-electron chi connectivity index (χ1n) is 6.83. The second kappa shape index (κ2) is 6.84. The van der Waals surface area contributed by atoms with E-state index >= 15 is 0 Å². The van der Waals surface area contributed by atoms with Crippen LogP contribution in [0, 0.1) is 5.82 Å². The molecule has 0 fully saturated rings. The Kier molecular flexibility index (Phi) is 4.88. The molecule has 0 aliphatic heterocycles. The second-order valence-corrected chi connectivity index (χ2v) is 4.92. The van der Waals surface area contributed by atoms with Crippen molar-refractivity contribution in [1.29, 1.82) is 0 Å². The minimum absolute atomic E-state index is 0.0873. The predicted octanol–water partition coefficient (Wildman–Crippen LogP) is 4.06. The summed E-state index contributed by atoms with van der Waals surface area (Å²) in [6.45, 7) is 1.92. The Morgan fingerprint density at radius 1 is 1.10 bits per heavy atom. The molecule has 0 bridgehead atoms. The number of likely N-dealkylation sites (N-methyl/N-ethyl adjacent to an activating group) is 1. The zero-order chi connectivity index (χ0) is 15.2. The fraction of sp³-hybridized carbons (Fsp3) is 0.167. The number of amides is 1. The Labute approximate surface area is 124 Å². The summed E-state index contributed by atoms with van der Waals surface area (Å²) in [5.74, 6) is -0.361. The van der Waals surface area contributed by atoms with Crippen molar-refractivity contribution in [3.63, 3.8) is 0 Å². The van der Waals surface area contributed by atoms with Crippen molar-refractivity contribution < 1.29 is 9.18 Å². The molecule has 2 rings (SSSR count). The fourth-order valence-electron chi connectivity index (χ4n) is 2.00. The van der Waals surface area contributed by atoms with Gasteiger partial charge in [-0.2, -0.15) is 0 Å². The molecule has 0 radical (unpaired) electrons. The lowest BCUT2D eigenvalue weighted by atomic mass is 10.1. The third-order valence-electron chi connectivity index (χ3n) is 3.50.